The van der Waals surface area contributed by atoms with E-state index < -0.39 is 10.0 Å². The number of anilines is 1. The van der Waals surface area contributed by atoms with Crippen LogP contribution in [-0.4, -0.2) is 25.4 Å². The molecular formula is C24H25N3O3S2. The van der Waals surface area contributed by atoms with Crippen molar-refractivity contribution in [2.24, 2.45) is 0 Å². The average molecular weight is 468 g/mol. The van der Waals surface area contributed by atoms with Gasteiger partial charge in [-0.2, -0.15) is 0 Å². The van der Waals surface area contributed by atoms with Crippen LogP contribution in [0.5, 0.6) is 0 Å². The zero-order valence-electron chi connectivity index (χ0n) is 17.9. The molecule has 6 nitrogen and oxygen atoms in total. The number of carbonyl (C=O) groups excluding carboxylic acids is 1. The lowest BCUT2D eigenvalue weighted by molar-refractivity contribution is 0.0950. The normalized spacial score (nSPS) is 13.7. The zero-order chi connectivity index (χ0) is 22.7. The van der Waals surface area contributed by atoms with E-state index in [-0.39, 0.29) is 10.8 Å². The lowest BCUT2D eigenvalue weighted by atomic mass is 10.0. The van der Waals surface area contributed by atoms with Crippen molar-refractivity contribution in [3.8, 4) is 0 Å². The van der Waals surface area contributed by atoms with Gasteiger partial charge in [0.1, 0.15) is 5.03 Å². The highest BCUT2D eigenvalue weighted by Gasteiger charge is 2.23. The van der Waals surface area contributed by atoms with Gasteiger partial charge in [-0.25, -0.2) is 13.4 Å². The predicted molar refractivity (Wildman–Crippen MR) is 127 cm³/mol. The Morgan fingerprint density at radius 3 is 2.25 bits per heavy atom. The molecule has 1 aromatic heterocycles. The van der Waals surface area contributed by atoms with Crippen LogP contribution < -0.4 is 10.0 Å². The van der Waals surface area contributed by atoms with Crippen molar-refractivity contribution in [2.45, 2.75) is 53.5 Å². The lowest BCUT2D eigenvalue weighted by Gasteiger charge is -2.10. The Bertz CT molecular complexity index is 1190. The van der Waals surface area contributed by atoms with E-state index in [0.29, 0.717) is 23.2 Å². The molecule has 2 aromatic carbocycles. The molecule has 8 heteroatoms. The quantitative estimate of drug-likeness (QED) is 0.484. The van der Waals surface area contributed by atoms with Gasteiger partial charge in [-0.05, 0) is 72.9 Å². The van der Waals surface area contributed by atoms with Crippen molar-refractivity contribution in [2.75, 3.05) is 4.72 Å². The number of rotatable bonds is 8. The molecule has 4 rings (SSSR count). The summed E-state index contributed by atoms with van der Waals surface area (Å²) in [5.41, 5.74) is 2.13. The summed E-state index contributed by atoms with van der Waals surface area (Å²) >= 11 is 1.44. The third-order valence-electron chi connectivity index (χ3n) is 5.10. The number of carbonyl (C=O) groups is 1. The van der Waals surface area contributed by atoms with Gasteiger partial charge in [-0.1, -0.05) is 37.7 Å². The SMILES string of the molecule is CC(C)c1ccc(S(=O)(=O)Nc2ccc(Sc3ccc(C(=O)NC4CC4)cn3)cc2)cc1. The Morgan fingerprint density at radius 2 is 1.69 bits per heavy atom. The summed E-state index contributed by atoms with van der Waals surface area (Å²) in [5.74, 6) is 0.252. The molecule has 1 aliphatic rings. The molecule has 0 saturated heterocycles. The van der Waals surface area contributed by atoms with Gasteiger partial charge in [-0.15, -0.1) is 0 Å². The molecule has 0 unspecified atom stereocenters. The van der Waals surface area contributed by atoms with Crippen LogP contribution in [0, 0.1) is 0 Å². The Kier molecular flexibility index (Phi) is 6.53. The Hall–Kier alpha value is -2.84. The molecule has 0 spiro atoms. The van der Waals surface area contributed by atoms with Gasteiger partial charge in [0, 0.05) is 22.8 Å². The van der Waals surface area contributed by atoms with E-state index in [4.69, 9.17) is 0 Å². The van der Waals surface area contributed by atoms with Gasteiger partial charge < -0.3 is 5.32 Å². The highest BCUT2D eigenvalue weighted by atomic mass is 32.2. The second kappa shape index (κ2) is 9.34. The van der Waals surface area contributed by atoms with E-state index in [0.717, 1.165) is 28.3 Å². The van der Waals surface area contributed by atoms with Crippen LogP contribution in [0.2, 0.25) is 0 Å². The molecule has 32 heavy (non-hydrogen) atoms. The van der Waals surface area contributed by atoms with Crippen LogP contribution >= 0.6 is 11.8 Å². The standard InChI is InChI=1S/C24H25N3O3S2/c1-16(2)17-3-12-22(13-4-17)32(29,30)27-20-8-10-21(11-9-20)31-23-14-5-18(15-25-23)24(28)26-19-6-7-19/h3-5,8-16,19,27H,6-7H2,1-2H3,(H,26,28). The first-order valence-electron chi connectivity index (χ1n) is 10.5. The van der Waals surface area contributed by atoms with Crippen molar-refractivity contribution in [1.29, 1.82) is 0 Å². The third-order valence-corrected chi connectivity index (χ3v) is 7.45. The zero-order valence-corrected chi connectivity index (χ0v) is 19.5. The number of pyridine rings is 1. The van der Waals surface area contributed by atoms with Gasteiger partial charge >= 0.3 is 0 Å². The molecule has 0 aliphatic heterocycles. The predicted octanol–water partition coefficient (Wildman–Crippen LogP) is 5.05. The van der Waals surface area contributed by atoms with Crippen LogP contribution in [0.1, 0.15) is 48.5 Å². The van der Waals surface area contributed by atoms with Crippen molar-refractivity contribution >= 4 is 33.4 Å². The monoisotopic (exact) mass is 467 g/mol. The molecule has 166 valence electrons. The molecule has 3 aromatic rings. The first-order valence-corrected chi connectivity index (χ1v) is 12.8. The van der Waals surface area contributed by atoms with E-state index >= 15 is 0 Å². The third kappa shape index (κ3) is 5.69. The van der Waals surface area contributed by atoms with E-state index in [2.05, 4.69) is 28.9 Å². The first kappa shape index (κ1) is 22.4. The van der Waals surface area contributed by atoms with Gasteiger partial charge in [0.05, 0.1) is 10.5 Å². The molecule has 1 saturated carbocycles. The smallest absolute Gasteiger partial charge is 0.261 e. The maximum atomic E-state index is 12.7. The number of nitrogens with zero attached hydrogens (tertiary/aromatic N) is 1. The second-order valence-corrected chi connectivity index (χ2v) is 10.9. The van der Waals surface area contributed by atoms with Crippen molar-refractivity contribution in [3.05, 3.63) is 78.0 Å². The molecule has 0 bridgehead atoms. The molecule has 2 N–H and O–H groups in total. The van der Waals surface area contributed by atoms with E-state index in [9.17, 15) is 13.2 Å². The lowest BCUT2D eigenvalue weighted by Crippen LogP contribution is -2.25. The molecule has 0 radical (unpaired) electrons. The Labute approximate surface area is 192 Å². The molecule has 1 aliphatic carbocycles. The summed E-state index contributed by atoms with van der Waals surface area (Å²) in [6, 6.07) is 17.9. The highest BCUT2D eigenvalue weighted by Crippen LogP contribution is 2.28. The number of amides is 1. The number of hydrogen-bond acceptors (Lipinski definition) is 5. The first-order chi connectivity index (χ1) is 15.3. The number of hydrogen-bond donors (Lipinski definition) is 2. The van der Waals surface area contributed by atoms with E-state index in [1.165, 1.54) is 11.8 Å². The maximum absolute atomic E-state index is 12.7. The van der Waals surface area contributed by atoms with Crippen LogP contribution in [-0.2, 0) is 10.0 Å². The van der Waals surface area contributed by atoms with Crippen molar-refractivity contribution < 1.29 is 13.2 Å². The van der Waals surface area contributed by atoms with Gasteiger partial charge in [-0.3, -0.25) is 9.52 Å². The topological polar surface area (TPSA) is 88.2 Å². The minimum atomic E-state index is -3.65. The van der Waals surface area contributed by atoms with Crippen LogP contribution in [0.15, 0.2) is 81.7 Å². The van der Waals surface area contributed by atoms with Gasteiger partial charge in [0.2, 0.25) is 0 Å². The summed E-state index contributed by atoms with van der Waals surface area (Å²) in [7, 11) is -3.65. The summed E-state index contributed by atoms with van der Waals surface area (Å²) in [4.78, 5) is 17.6. The number of aromatic nitrogens is 1. The second-order valence-electron chi connectivity index (χ2n) is 8.09. The number of nitrogens with one attached hydrogen (secondary N) is 2. The molecule has 0 atom stereocenters. The summed E-state index contributed by atoms with van der Waals surface area (Å²) in [5, 5.41) is 3.70. The minimum absolute atomic E-state index is 0.0907. The van der Waals surface area contributed by atoms with Crippen LogP contribution in [0.4, 0.5) is 5.69 Å². The fraction of sp³-hybridized carbons (Fsp3) is 0.250. The Morgan fingerprint density at radius 1 is 1.00 bits per heavy atom. The largest absolute Gasteiger partial charge is 0.349 e. The molecular weight excluding hydrogens is 442 g/mol. The summed E-state index contributed by atoms with van der Waals surface area (Å²) in [6.07, 6.45) is 3.67. The molecule has 1 heterocycles. The number of benzene rings is 2. The van der Waals surface area contributed by atoms with Crippen LogP contribution in [0.25, 0.3) is 0 Å². The van der Waals surface area contributed by atoms with Crippen molar-refractivity contribution in [3.63, 3.8) is 0 Å². The van der Waals surface area contributed by atoms with Crippen LogP contribution in [0.3, 0.4) is 0 Å². The number of sulfonamides is 1. The summed E-state index contributed by atoms with van der Waals surface area (Å²) < 4.78 is 27.9. The Balaban J connectivity index is 1.37. The summed E-state index contributed by atoms with van der Waals surface area (Å²) in [6.45, 7) is 4.13. The van der Waals surface area contributed by atoms with Gasteiger partial charge in [0.15, 0.2) is 0 Å². The average Bonchev–Trinajstić information content (AvgIpc) is 3.59. The van der Waals surface area contributed by atoms with E-state index in [1.807, 2.05) is 30.3 Å². The fourth-order valence-corrected chi connectivity index (χ4v) is 4.84. The minimum Gasteiger partial charge on any atom is -0.349 e. The highest BCUT2D eigenvalue weighted by molar-refractivity contribution is 7.99. The molecule has 1 fully saturated rings. The maximum Gasteiger partial charge on any atom is 0.261 e. The van der Waals surface area contributed by atoms with E-state index in [1.54, 1.807) is 36.5 Å². The van der Waals surface area contributed by atoms with Crippen molar-refractivity contribution in [1.82, 2.24) is 10.3 Å². The fourth-order valence-electron chi connectivity index (χ4n) is 3.03. The molecule has 1 amide bonds. The van der Waals surface area contributed by atoms with Gasteiger partial charge in [0.25, 0.3) is 15.9 Å².